The number of ether oxygens (including phenoxy) is 1. The van der Waals surface area contributed by atoms with E-state index < -0.39 is 11.7 Å². The van der Waals surface area contributed by atoms with Crippen LogP contribution in [-0.2, 0) is 11.5 Å². The summed E-state index contributed by atoms with van der Waals surface area (Å²) in [5.41, 5.74) is 5.43. The molecular weight excluding hydrogens is 270 g/mol. The first-order chi connectivity index (χ1) is 8.65. The zero-order valence-electron chi connectivity index (χ0n) is 10.8. The Balaban J connectivity index is 0.00000180. The molecule has 0 saturated carbocycles. The van der Waals surface area contributed by atoms with Crippen LogP contribution in [0.4, 0.5) is 5.95 Å². The summed E-state index contributed by atoms with van der Waals surface area (Å²) in [6, 6.07) is 0. The number of aromatic amines is 1. The number of imidazole rings is 1. The predicted molar refractivity (Wildman–Crippen MR) is 71.6 cm³/mol. The molecule has 2 heterocycles. The van der Waals surface area contributed by atoms with Crippen molar-refractivity contribution in [1.82, 2.24) is 31.8 Å². The second-order valence-electron chi connectivity index (χ2n) is 3.62. The Hall–Kier alpha value is -2.05. The summed E-state index contributed by atoms with van der Waals surface area (Å²) in [6.07, 6.45) is 0.680. The van der Waals surface area contributed by atoms with Gasteiger partial charge in [0.05, 0.1) is 19.5 Å². The molecule has 0 bridgehead atoms. The molecule has 0 saturated heterocycles. The van der Waals surface area contributed by atoms with E-state index >= 15 is 0 Å². The van der Waals surface area contributed by atoms with E-state index in [-0.39, 0.29) is 49.4 Å². The van der Waals surface area contributed by atoms with Crippen molar-refractivity contribution in [2.75, 3.05) is 18.9 Å². The lowest BCUT2D eigenvalue weighted by molar-refractivity contribution is -0.0488. The fourth-order valence-electron chi connectivity index (χ4n) is 1.41. The Morgan fingerprint density at radius 3 is 2.65 bits per heavy atom. The Kier molecular flexibility index (Phi) is 6.75. The number of aliphatic hydroxyl groups excluding tert-OH is 2. The number of nitrogen functional groups attached to an aromatic ring is 1. The molecule has 0 aliphatic rings. The van der Waals surface area contributed by atoms with Crippen LogP contribution in [0.15, 0.2) is 11.1 Å². The van der Waals surface area contributed by atoms with Gasteiger partial charge in [-0.05, 0) is 0 Å². The van der Waals surface area contributed by atoms with Crippen molar-refractivity contribution >= 4 is 17.1 Å². The van der Waals surface area contributed by atoms with Crippen LogP contribution in [0.25, 0.3) is 11.2 Å². The number of nitrogens with two attached hydrogens (primary N) is 1. The summed E-state index contributed by atoms with van der Waals surface area (Å²) in [5.74, 6) is -0.0184. The van der Waals surface area contributed by atoms with Crippen LogP contribution in [0.3, 0.4) is 0 Å². The fraction of sp³-hybridized carbons (Fsp3) is 0.444. The van der Waals surface area contributed by atoms with Crippen LogP contribution in [0.1, 0.15) is 0 Å². The molecule has 11 N–H and O–H groups in total. The standard InChI is InChI=1S/C9H13N5O4.2H3N/c10-9-12-7-6(8(17)13-9)11-3-14(7)4-18-5(1-15)2-16;;/h3,5,15-16H,1-2,4H2,(H3,10,12,13,17);2*1H3. The molecule has 0 amide bonds. The van der Waals surface area contributed by atoms with E-state index in [1.165, 1.54) is 10.9 Å². The molecule has 0 fully saturated rings. The van der Waals surface area contributed by atoms with E-state index in [1.807, 2.05) is 0 Å². The van der Waals surface area contributed by atoms with Crippen molar-refractivity contribution in [3.63, 3.8) is 0 Å². The quantitative estimate of drug-likeness (QED) is 0.371. The molecule has 114 valence electrons. The van der Waals surface area contributed by atoms with Gasteiger partial charge in [-0.2, -0.15) is 4.98 Å². The van der Waals surface area contributed by atoms with Crippen molar-refractivity contribution in [3.05, 3.63) is 16.7 Å². The normalized spacial score (nSPS) is 10.3. The predicted octanol–water partition coefficient (Wildman–Crippen LogP) is -1.65. The molecule has 0 radical (unpaired) electrons. The number of aliphatic hydroxyl groups is 2. The summed E-state index contributed by atoms with van der Waals surface area (Å²) in [7, 11) is 0. The van der Waals surface area contributed by atoms with Gasteiger partial charge in [0.25, 0.3) is 5.56 Å². The largest absolute Gasteiger partial charge is 0.394 e. The number of nitrogens with one attached hydrogen (secondary N) is 1. The third-order valence-electron chi connectivity index (χ3n) is 2.35. The van der Waals surface area contributed by atoms with Crippen molar-refractivity contribution in [2.24, 2.45) is 0 Å². The van der Waals surface area contributed by atoms with Gasteiger partial charge in [-0.25, -0.2) is 4.98 Å². The molecule has 0 aromatic carbocycles. The topological polar surface area (TPSA) is 209 Å². The van der Waals surface area contributed by atoms with Gasteiger partial charge in [0.1, 0.15) is 12.8 Å². The lowest BCUT2D eigenvalue weighted by atomic mass is 10.4. The highest BCUT2D eigenvalue weighted by Crippen LogP contribution is 2.07. The maximum Gasteiger partial charge on any atom is 0.280 e. The fourth-order valence-corrected chi connectivity index (χ4v) is 1.41. The van der Waals surface area contributed by atoms with Crippen LogP contribution < -0.4 is 23.6 Å². The van der Waals surface area contributed by atoms with Gasteiger partial charge in [0, 0.05) is 0 Å². The van der Waals surface area contributed by atoms with Crippen LogP contribution in [0.5, 0.6) is 0 Å². The number of hydrogen-bond donors (Lipinski definition) is 6. The molecule has 0 unspecified atom stereocenters. The maximum absolute atomic E-state index is 11.5. The van der Waals surface area contributed by atoms with Crippen molar-refractivity contribution < 1.29 is 14.9 Å². The molecule has 0 atom stereocenters. The van der Waals surface area contributed by atoms with E-state index in [0.29, 0.717) is 0 Å². The van der Waals surface area contributed by atoms with Gasteiger partial charge < -0.3 is 33.0 Å². The Bertz CT molecular complexity index is 591. The first-order valence-corrected chi connectivity index (χ1v) is 5.19. The minimum absolute atomic E-state index is 0. The molecular formula is C9H19N7O4. The molecule has 2 aromatic heterocycles. The first kappa shape index (κ1) is 17.9. The van der Waals surface area contributed by atoms with Gasteiger partial charge in [-0.1, -0.05) is 0 Å². The van der Waals surface area contributed by atoms with Crippen LogP contribution in [-0.4, -0.2) is 49.0 Å². The third-order valence-corrected chi connectivity index (χ3v) is 2.35. The molecule has 2 aromatic rings. The van der Waals surface area contributed by atoms with Gasteiger partial charge in [-0.3, -0.25) is 14.3 Å². The van der Waals surface area contributed by atoms with Gasteiger partial charge >= 0.3 is 0 Å². The zero-order chi connectivity index (χ0) is 13.1. The SMILES string of the molecule is N.N.Nc1nc2c(ncn2COC(CO)CO)c(=O)[nH]1. The molecule has 0 aliphatic carbocycles. The van der Waals surface area contributed by atoms with Gasteiger partial charge in [0.15, 0.2) is 11.2 Å². The average Bonchev–Trinajstić information content (AvgIpc) is 2.74. The molecule has 11 heteroatoms. The minimum Gasteiger partial charge on any atom is -0.394 e. The monoisotopic (exact) mass is 289 g/mol. The summed E-state index contributed by atoms with van der Waals surface area (Å²) >= 11 is 0. The van der Waals surface area contributed by atoms with Gasteiger partial charge in [-0.15, -0.1) is 0 Å². The van der Waals surface area contributed by atoms with Crippen LogP contribution in [0, 0.1) is 0 Å². The van der Waals surface area contributed by atoms with Crippen molar-refractivity contribution in [1.29, 1.82) is 0 Å². The van der Waals surface area contributed by atoms with Crippen molar-refractivity contribution in [2.45, 2.75) is 12.8 Å². The first-order valence-electron chi connectivity index (χ1n) is 5.19. The highest BCUT2D eigenvalue weighted by Gasteiger charge is 2.11. The van der Waals surface area contributed by atoms with Crippen LogP contribution >= 0.6 is 0 Å². The third kappa shape index (κ3) is 3.49. The zero-order valence-corrected chi connectivity index (χ0v) is 10.8. The Morgan fingerprint density at radius 1 is 1.40 bits per heavy atom. The van der Waals surface area contributed by atoms with E-state index in [1.54, 1.807) is 0 Å². The second kappa shape index (κ2) is 7.52. The van der Waals surface area contributed by atoms with E-state index in [0.717, 1.165) is 0 Å². The highest BCUT2D eigenvalue weighted by molar-refractivity contribution is 5.70. The molecule has 20 heavy (non-hydrogen) atoms. The summed E-state index contributed by atoms with van der Waals surface area (Å²) in [6.45, 7) is -0.614. The van der Waals surface area contributed by atoms with Gasteiger partial charge in [0.2, 0.25) is 5.95 Å². The smallest absolute Gasteiger partial charge is 0.280 e. The lowest BCUT2D eigenvalue weighted by Gasteiger charge is -2.12. The maximum atomic E-state index is 11.5. The number of nitrogens with zero attached hydrogens (tertiary/aromatic N) is 3. The second-order valence-corrected chi connectivity index (χ2v) is 3.62. The molecule has 0 spiro atoms. The highest BCUT2D eigenvalue weighted by atomic mass is 16.5. The number of H-pyrrole nitrogens is 1. The minimum atomic E-state index is -0.693. The van der Waals surface area contributed by atoms with E-state index in [4.69, 9.17) is 20.7 Å². The molecule has 0 aliphatic heterocycles. The number of fused-ring (bicyclic) bond motifs is 1. The number of aromatic nitrogens is 4. The van der Waals surface area contributed by atoms with E-state index in [2.05, 4.69) is 15.0 Å². The summed E-state index contributed by atoms with van der Waals surface area (Å²) < 4.78 is 6.66. The van der Waals surface area contributed by atoms with E-state index in [9.17, 15) is 4.79 Å². The Labute approximate surface area is 113 Å². The number of anilines is 1. The molecule has 2 rings (SSSR count). The Morgan fingerprint density at radius 2 is 2.05 bits per heavy atom. The summed E-state index contributed by atoms with van der Waals surface area (Å²) in [4.78, 5) is 21.6. The number of hydrogen-bond acceptors (Lipinski definition) is 9. The molecule has 11 nitrogen and oxygen atoms in total. The average molecular weight is 289 g/mol. The van der Waals surface area contributed by atoms with Crippen molar-refractivity contribution in [3.8, 4) is 0 Å². The lowest BCUT2D eigenvalue weighted by Crippen LogP contribution is -2.23. The number of rotatable bonds is 5. The summed E-state index contributed by atoms with van der Waals surface area (Å²) in [5, 5.41) is 17.7. The van der Waals surface area contributed by atoms with Crippen LogP contribution in [0.2, 0.25) is 0 Å².